The van der Waals surface area contributed by atoms with Crippen LogP contribution in [0.25, 0.3) is 0 Å². The first-order chi connectivity index (χ1) is 8.63. The van der Waals surface area contributed by atoms with Gasteiger partial charge in [-0.25, -0.2) is 4.98 Å². The molecule has 0 bridgehead atoms. The number of amides is 1. The molecule has 2 rings (SSSR count). The Morgan fingerprint density at radius 3 is 2.61 bits per heavy atom. The van der Waals surface area contributed by atoms with Gasteiger partial charge in [0.2, 0.25) is 11.9 Å². The molecule has 0 fully saturated rings. The van der Waals surface area contributed by atoms with Crippen molar-refractivity contribution in [3.05, 3.63) is 59.0 Å². The number of nitrogens with one attached hydrogen (secondary N) is 1. The fraction of sp³-hybridized carbons (Fsp3) is 0.0769. The van der Waals surface area contributed by atoms with Crippen LogP contribution < -0.4 is 5.32 Å². The predicted molar refractivity (Wildman–Crippen MR) is 68.0 cm³/mol. The summed E-state index contributed by atoms with van der Waals surface area (Å²) in [5, 5.41) is 3.14. The molecule has 1 N–H and O–H groups in total. The minimum Gasteiger partial charge on any atom is -0.310 e. The molecule has 1 heterocycles. The SMILES string of the molecule is O=C(Cc1ccc(Cl)cc1)Nc1cccc(F)n1. The number of aromatic nitrogens is 1. The zero-order chi connectivity index (χ0) is 13.0. The molecule has 3 nitrogen and oxygen atoms in total. The Morgan fingerprint density at radius 1 is 1.22 bits per heavy atom. The second kappa shape index (κ2) is 5.60. The first-order valence-electron chi connectivity index (χ1n) is 5.30. The van der Waals surface area contributed by atoms with E-state index in [0.29, 0.717) is 5.02 Å². The summed E-state index contributed by atoms with van der Waals surface area (Å²) in [5.41, 5.74) is 0.827. The van der Waals surface area contributed by atoms with Crippen LogP contribution in [0, 0.1) is 5.95 Å². The van der Waals surface area contributed by atoms with E-state index >= 15 is 0 Å². The Hall–Kier alpha value is -1.94. The van der Waals surface area contributed by atoms with E-state index < -0.39 is 5.95 Å². The van der Waals surface area contributed by atoms with Crippen LogP contribution in [0.4, 0.5) is 10.2 Å². The number of halogens is 2. The summed E-state index contributed by atoms with van der Waals surface area (Å²) in [5.74, 6) is -0.677. The number of anilines is 1. The van der Waals surface area contributed by atoms with Gasteiger partial charge in [-0.05, 0) is 29.8 Å². The highest BCUT2D eigenvalue weighted by molar-refractivity contribution is 6.30. The maximum absolute atomic E-state index is 12.8. The average Bonchev–Trinajstić information content (AvgIpc) is 2.32. The van der Waals surface area contributed by atoms with Gasteiger partial charge >= 0.3 is 0 Å². The Balaban J connectivity index is 1.98. The third kappa shape index (κ3) is 3.53. The van der Waals surface area contributed by atoms with Crippen molar-refractivity contribution in [1.82, 2.24) is 4.98 Å². The van der Waals surface area contributed by atoms with Crippen molar-refractivity contribution in [3.8, 4) is 0 Å². The van der Waals surface area contributed by atoms with E-state index in [4.69, 9.17) is 11.6 Å². The zero-order valence-corrected chi connectivity index (χ0v) is 10.1. The van der Waals surface area contributed by atoms with E-state index in [9.17, 15) is 9.18 Å². The molecule has 0 saturated heterocycles. The Kier molecular flexibility index (Phi) is 3.89. The monoisotopic (exact) mass is 264 g/mol. The number of rotatable bonds is 3. The van der Waals surface area contributed by atoms with Crippen LogP contribution in [0.15, 0.2) is 42.5 Å². The lowest BCUT2D eigenvalue weighted by atomic mass is 10.1. The fourth-order valence-electron chi connectivity index (χ4n) is 1.45. The lowest BCUT2D eigenvalue weighted by Gasteiger charge is -2.04. The average molecular weight is 265 g/mol. The number of benzene rings is 1. The van der Waals surface area contributed by atoms with Crippen molar-refractivity contribution in [3.63, 3.8) is 0 Å². The largest absolute Gasteiger partial charge is 0.310 e. The number of hydrogen-bond donors (Lipinski definition) is 1. The van der Waals surface area contributed by atoms with Crippen LogP contribution in [0.1, 0.15) is 5.56 Å². The van der Waals surface area contributed by atoms with Crippen molar-refractivity contribution in [1.29, 1.82) is 0 Å². The highest BCUT2D eigenvalue weighted by Gasteiger charge is 2.05. The Bertz CT molecular complexity index is 557. The van der Waals surface area contributed by atoms with Gasteiger partial charge in [0.15, 0.2) is 0 Å². The lowest BCUT2D eigenvalue weighted by Crippen LogP contribution is -2.15. The molecule has 92 valence electrons. The standard InChI is InChI=1S/C13H10ClFN2O/c14-10-6-4-9(5-7-10)8-13(18)17-12-3-1-2-11(15)16-12/h1-7H,8H2,(H,16,17,18). The van der Waals surface area contributed by atoms with Crippen molar-refractivity contribution >= 4 is 23.3 Å². The molecule has 1 aromatic heterocycles. The molecule has 0 saturated carbocycles. The quantitative estimate of drug-likeness (QED) is 0.866. The molecule has 18 heavy (non-hydrogen) atoms. The predicted octanol–water partition coefficient (Wildman–Crippen LogP) is 3.06. The van der Waals surface area contributed by atoms with E-state index in [-0.39, 0.29) is 18.1 Å². The molecule has 0 unspecified atom stereocenters. The third-order valence-electron chi connectivity index (χ3n) is 2.26. The summed E-state index contributed by atoms with van der Waals surface area (Å²) in [7, 11) is 0. The fourth-order valence-corrected chi connectivity index (χ4v) is 1.58. The maximum atomic E-state index is 12.8. The van der Waals surface area contributed by atoms with E-state index in [0.717, 1.165) is 5.56 Å². The highest BCUT2D eigenvalue weighted by Crippen LogP contribution is 2.11. The number of hydrogen-bond acceptors (Lipinski definition) is 2. The molecule has 0 aliphatic rings. The van der Waals surface area contributed by atoms with Crippen molar-refractivity contribution < 1.29 is 9.18 Å². The lowest BCUT2D eigenvalue weighted by molar-refractivity contribution is -0.115. The van der Waals surface area contributed by atoms with Gasteiger partial charge in [-0.1, -0.05) is 29.8 Å². The number of nitrogens with zero attached hydrogens (tertiary/aromatic N) is 1. The summed E-state index contributed by atoms with van der Waals surface area (Å²) in [6.07, 6.45) is 0.190. The second-order valence-electron chi connectivity index (χ2n) is 3.70. The van der Waals surface area contributed by atoms with Gasteiger partial charge in [-0.2, -0.15) is 4.39 Å². The maximum Gasteiger partial charge on any atom is 0.229 e. The number of pyridine rings is 1. The summed E-state index contributed by atoms with van der Waals surface area (Å²) >= 11 is 5.74. The van der Waals surface area contributed by atoms with E-state index in [1.807, 2.05) is 0 Å². The summed E-state index contributed by atoms with van der Waals surface area (Å²) in [4.78, 5) is 15.2. The van der Waals surface area contributed by atoms with Gasteiger partial charge in [-0.3, -0.25) is 4.79 Å². The summed E-state index contributed by atoms with van der Waals surface area (Å²) in [6, 6.07) is 11.2. The van der Waals surface area contributed by atoms with Crippen LogP contribution in [0.3, 0.4) is 0 Å². The Labute approximate surface area is 109 Å². The van der Waals surface area contributed by atoms with Crippen molar-refractivity contribution in [2.24, 2.45) is 0 Å². The molecule has 0 radical (unpaired) electrons. The molecule has 0 spiro atoms. The molecule has 2 aromatic rings. The van der Waals surface area contributed by atoms with Gasteiger partial charge in [0.1, 0.15) is 5.82 Å². The normalized spacial score (nSPS) is 10.1. The van der Waals surface area contributed by atoms with Gasteiger partial charge in [0.05, 0.1) is 6.42 Å². The number of carbonyl (C=O) groups is 1. The highest BCUT2D eigenvalue weighted by atomic mass is 35.5. The molecule has 1 aromatic carbocycles. The first-order valence-corrected chi connectivity index (χ1v) is 5.68. The molecule has 1 amide bonds. The smallest absolute Gasteiger partial charge is 0.229 e. The van der Waals surface area contributed by atoms with Gasteiger partial charge in [0, 0.05) is 5.02 Å². The van der Waals surface area contributed by atoms with Gasteiger partial charge < -0.3 is 5.32 Å². The topological polar surface area (TPSA) is 42.0 Å². The third-order valence-corrected chi connectivity index (χ3v) is 2.51. The zero-order valence-electron chi connectivity index (χ0n) is 9.36. The summed E-state index contributed by atoms with van der Waals surface area (Å²) < 4.78 is 12.8. The Morgan fingerprint density at radius 2 is 1.94 bits per heavy atom. The molecule has 0 aliphatic carbocycles. The van der Waals surface area contributed by atoms with Crippen molar-refractivity contribution in [2.75, 3.05) is 5.32 Å². The number of carbonyl (C=O) groups excluding carboxylic acids is 1. The van der Waals surface area contributed by atoms with Gasteiger partial charge in [0.25, 0.3) is 0 Å². The molecule has 0 atom stereocenters. The van der Waals surface area contributed by atoms with Crippen LogP contribution in [-0.4, -0.2) is 10.9 Å². The minimum atomic E-state index is -0.626. The van der Waals surface area contributed by atoms with Crippen molar-refractivity contribution in [2.45, 2.75) is 6.42 Å². The first kappa shape index (κ1) is 12.5. The van der Waals surface area contributed by atoms with Crippen LogP contribution in [0.5, 0.6) is 0 Å². The molecular weight excluding hydrogens is 255 g/mol. The van der Waals surface area contributed by atoms with E-state index in [1.54, 1.807) is 24.3 Å². The van der Waals surface area contributed by atoms with E-state index in [2.05, 4.69) is 10.3 Å². The molecular formula is C13H10ClFN2O. The minimum absolute atomic E-state index is 0.190. The second-order valence-corrected chi connectivity index (χ2v) is 4.13. The van der Waals surface area contributed by atoms with E-state index in [1.165, 1.54) is 18.2 Å². The van der Waals surface area contributed by atoms with Gasteiger partial charge in [-0.15, -0.1) is 0 Å². The van der Waals surface area contributed by atoms with Crippen LogP contribution in [-0.2, 0) is 11.2 Å². The van der Waals surface area contributed by atoms with Crippen LogP contribution in [0.2, 0.25) is 5.02 Å². The molecule has 5 heteroatoms. The summed E-state index contributed by atoms with van der Waals surface area (Å²) in [6.45, 7) is 0. The molecule has 0 aliphatic heterocycles. The van der Waals surface area contributed by atoms with Crippen LogP contribution >= 0.6 is 11.6 Å².